The lowest BCUT2D eigenvalue weighted by Crippen LogP contribution is -2.29. The summed E-state index contributed by atoms with van der Waals surface area (Å²) in [5, 5.41) is 10.6. The average Bonchev–Trinajstić information content (AvgIpc) is 2.99. The topological polar surface area (TPSA) is 69.7 Å². The Morgan fingerprint density at radius 3 is 2.57 bits per heavy atom. The van der Waals surface area contributed by atoms with Crippen LogP contribution in [0.2, 0.25) is 0 Å². The molecule has 3 heterocycles. The summed E-state index contributed by atoms with van der Waals surface area (Å²) >= 11 is 0. The molecule has 0 radical (unpaired) electrons. The van der Waals surface area contributed by atoms with Gasteiger partial charge in [-0.15, -0.1) is 0 Å². The fourth-order valence-electron chi connectivity index (χ4n) is 3.09. The van der Waals surface area contributed by atoms with Crippen LogP contribution >= 0.6 is 0 Å². The molecule has 0 unspecified atom stereocenters. The van der Waals surface area contributed by atoms with E-state index in [4.69, 9.17) is 0 Å². The van der Waals surface area contributed by atoms with Gasteiger partial charge in [-0.25, -0.2) is 9.97 Å². The SMILES string of the molecule is Cc1[nH]nc2c(Nc3ccc(N4CCCCC4)cc3)ncnc12. The van der Waals surface area contributed by atoms with Crippen LogP contribution in [-0.4, -0.2) is 33.3 Å². The highest BCUT2D eigenvalue weighted by molar-refractivity contribution is 5.88. The second-order valence-electron chi connectivity index (χ2n) is 5.99. The summed E-state index contributed by atoms with van der Waals surface area (Å²) in [6.45, 7) is 4.28. The maximum absolute atomic E-state index is 4.31. The van der Waals surface area contributed by atoms with Gasteiger partial charge in [0.05, 0.1) is 5.69 Å². The summed E-state index contributed by atoms with van der Waals surface area (Å²) in [7, 11) is 0. The van der Waals surface area contributed by atoms with Crippen LogP contribution in [0.25, 0.3) is 11.0 Å². The molecule has 0 amide bonds. The first-order valence-corrected chi connectivity index (χ1v) is 8.09. The van der Waals surface area contributed by atoms with Gasteiger partial charge in [0.2, 0.25) is 0 Å². The van der Waals surface area contributed by atoms with Gasteiger partial charge in [-0.1, -0.05) is 0 Å². The Balaban J connectivity index is 1.56. The van der Waals surface area contributed by atoms with Crippen molar-refractivity contribution in [2.24, 2.45) is 0 Å². The Morgan fingerprint density at radius 2 is 1.78 bits per heavy atom. The average molecular weight is 308 g/mol. The van der Waals surface area contributed by atoms with Gasteiger partial charge in [-0.2, -0.15) is 5.10 Å². The van der Waals surface area contributed by atoms with Gasteiger partial charge in [0.15, 0.2) is 11.3 Å². The summed E-state index contributed by atoms with van der Waals surface area (Å²) in [5.74, 6) is 0.727. The number of hydrogen-bond acceptors (Lipinski definition) is 5. The third-order valence-corrected chi connectivity index (χ3v) is 4.36. The van der Waals surface area contributed by atoms with Crippen molar-refractivity contribution in [2.45, 2.75) is 26.2 Å². The molecule has 1 aromatic carbocycles. The molecule has 23 heavy (non-hydrogen) atoms. The number of benzene rings is 1. The van der Waals surface area contributed by atoms with Gasteiger partial charge in [-0.3, -0.25) is 5.10 Å². The Bertz CT molecular complexity index is 802. The van der Waals surface area contributed by atoms with Crippen LogP contribution in [-0.2, 0) is 0 Å². The first kappa shape index (κ1) is 14.0. The van der Waals surface area contributed by atoms with Crippen molar-refractivity contribution >= 4 is 28.2 Å². The van der Waals surface area contributed by atoms with Crippen LogP contribution in [0.3, 0.4) is 0 Å². The fraction of sp³-hybridized carbons (Fsp3) is 0.353. The lowest BCUT2D eigenvalue weighted by Gasteiger charge is -2.28. The van der Waals surface area contributed by atoms with Crippen molar-refractivity contribution in [3.63, 3.8) is 0 Å². The molecule has 2 aromatic heterocycles. The number of piperidine rings is 1. The molecule has 0 saturated carbocycles. The maximum Gasteiger partial charge on any atom is 0.162 e. The second-order valence-corrected chi connectivity index (χ2v) is 5.99. The summed E-state index contributed by atoms with van der Waals surface area (Å²) in [4.78, 5) is 11.0. The van der Waals surface area contributed by atoms with Gasteiger partial charge >= 0.3 is 0 Å². The van der Waals surface area contributed by atoms with Crippen LogP contribution in [0, 0.1) is 6.92 Å². The number of aryl methyl sites for hydroxylation is 1. The smallest absolute Gasteiger partial charge is 0.162 e. The number of nitrogens with one attached hydrogen (secondary N) is 2. The van der Waals surface area contributed by atoms with Crippen molar-refractivity contribution in [2.75, 3.05) is 23.3 Å². The number of hydrogen-bond donors (Lipinski definition) is 2. The molecule has 2 N–H and O–H groups in total. The van der Waals surface area contributed by atoms with Crippen LogP contribution in [0.4, 0.5) is 17.2 Å². The number of aromatic nitrogens is 4. The molecule has 0 aliphatic carbocycles. The molecule has 0 spiro atoms. The molecule has 3 aromatic rings. The Labute approximate surface area is 135 Å². The highest BCUT2D eigenvalue weighted by atomic mass is 15.2. The lowest BCUT2D eigenvalue weighted by molar-refractivity contribution is 0.578. The highest BCUT2D eigenvalue weighted by Crippen LogP contribution is 2.25. The van der Waals surface area contributed by atoms with Crippen LogP contribution < -0.4 is 10.2 Å². The monoisotopic (exact) mass is 308 g/mol. The third-order valence-electron chi connectivity index (χ3n) is 4.36. The van der Waals surface area contributed by atoms with Gasteiger partial charge in [-0.05, 0) is 50.5 Å². The molecule has 118 valence electrons. The van der Waals surface area contributed by atoms with E-state index < -0.39 is 0 Å². The number of nitrogens with zero attached hydrogens (tertiary/aromatic N) is 4. The van der Waals surface area contributed by atoms with E-state index in [1.165, 1.54) is 24.9 Å². The van der Waals surface area contributed by atoms with Crippen LogP contribution in [0.1, 0.15) is 25.0 Å². The van der Waals surface area contributed by atoms with E-state index in [1.54, 1.807) is 6.33 Å². The molecule has 4 rings (SSSR count). The predicted molar refractivity (Wildman–Crippen MR) is 92.2 cm³/mol. The molecule has 1 fully saturated rings. The van der Waals surface area contributed by atoms with E-state index in [1.807, 2.05) is 6.92 Å². The quantitative estimate of drug-likeness (QED) is 0.776. The van der Waals surface area contributed by atoms with Gasteiger partial charge in [0, 0.05) is 24.5 Å². The zero-order valence-electron chi connectivity index (χ0n) is 13.2. The summed E-state index contributed by atoms with van der Waals surface area (Å²) < 4.78 is 0. The first-order valence-electron chi connectivity index (χ1n) is 8.09. The van der Waals surface area contributed by atoms with Crippen molar-refractivity contribution in [1.29, 1.82) is 0 Å². The standard InChI is InChI=1S/C17H20N6/c1-12-15-16(22-21-12)17(19-11-18-15)20-13-5-7-14(8-6-13)23-9-3-2-4-10-23/h5-8,11H,2-4,9-10H2,1H3,(H,21,22)(H,18,19,20). The Kier molecular flexibility index (Phi) is 3.57. The molecule has 6 nitrogen and oxygen atoms in total. The van der Waals surface area contributed by atoms with Crippen molar-refractivity contribution < 1.29 is 0 Å². The van der Waals surface area contributed by atoms with Crippen LogP contribution in [0.5, 0.6) is 0 Å². The number of aromatic amines is 1. The summed E-state index contributed by atoms with van der Waals surface area (Å²) in [6.07, 6.45) is 5.49. The van der Waals surface area contributed by atoms with Crippen molar-refractivity contribution in [1.82, 2.24) is 20.2 Å². The summed E-state index contributed by atoms with van der Waals surface area (Å²) in [5.41, 5.74) is 4.87. The van der Waals surface area contributed by atoms with E-state index in [-0.39, 0.29) is 0 Å². The Hall–Kier alpha value is -2.63. The lowest BCUT2D eigenvalue weighted by atomic mass is 10.1. The van der Waals surface area contributed by atoms with Gasteiger partial charge < -0.3 is 10.2 Å². The van der Waals surface area contributed by atoms with Gasteiger partial charge in [0.1, 0.15) is 11.8 Å². The predicted octanol–water partition coefficient (Wildman–Crippen LogP) is 3.40. The molecule has 0 bridgehead atoms. The highest BCUT2D eigenvalue weighted by Gasteiger charge is 2.12. The van der Waals surface area contributed by atoms with Gasteiger partial charge in [0.25, 0.3) is 0 Å². The molecule has 6 heteroatoms. The number of anilines is 3. The molecule has 1 aliphatic heterocycles. The fourth-order valence-corrected chi connectivity index (χ4v) is 3.09. The van der Waals surface area contributed by atoms with E-state index >= 15 is 0 Å². The first-order chi connectivity index (χ1) is 11.3. The number of fused-ring (bicyclic) bond motifs is 1. The Morgan fingerprint density at radius 1 is 1.00 bits per heavy atom. The maximum atomic E-state index is 4.31. The zero-order chi connectivity index (χ0) is 15.6. The molecular weight excluding hydrogens is 288 g/mol. The number of H-pyrrole nitrogens is 1. The minimum atomic E-state index is 0.727. The third kappa shape index (κ3) is 2.72. The molecule has 1 aliphatic rings. The van der Waals surface area contributed by atoms with E-state index in [0.29, 0.717) is 0 Å². The normalized spacial score (nSPS) is 15.1. The van der Waals surface area contributed by atoms with Crippen molar-refractivity contribution in [3.05, 3.63) is 36.3 Å². The minimum absolute atomic E-state index is 0.727. The second kappa shape index (κ2) is 5.87. The van der Waals surface area contributed by atoms with E-state index in [2.05, 4.69) is 54.6 Å². The van der Waals surface area contributed by atoms with Crippen molar-refractivity contribution in [3.8, 4) is 0 Å². The largest absolute Gasteiger partial charge is 0.372 e. The minimum Gasteiger partial charge on any atom is -0.372 e. The van der Waals surface area contributed by atoms with E-state index in [9.17, 15) is 0 Å². The summed E-state index contributed by atoms with van der Waals surface area (Å²) in [6, 6.07) is 8.53. The molecule has 0 atom stereocenters. The zero-order valence-corrected chi connectivity index (χ0v) is 13.2. The van der Waals surface area contributed by atoms with E-state index in [0.717, 1.165) is 41.3 Å². The number of rotatable bonds is 3. The van der Waals surface area contributed by atoms with Crippen LogP contribution in [0.15, 0.2) is 30.6 Å². The molecule has 1 saturated heterocycles. The molecular formula is C17H20N6.